The lowest BCUT2D eigenvalue weighted by Gasteiger charge is -2.07. The first-order valence-corrected chi connectivity index (χ1v) is 6.14. The van der Waals surface area contributed by atoms with Gasteiger partial charge in [-0.3, -0.25) is 19.7 Å². The normalized spacial score (nSPS) is 22.4. The van der Waals surface area contributed by atoms with E-state index in [0.29, 0.717) is 0 Å². The molecule has 21 heavy (non-hydrogen) atoms. The van der Waals surface area contributed by atoms with Gasteiger partial charge < -0.3 is 10.4 Å². The number of nitrogens with one attached hydrogen (secondary N) is 1. The summed E-state index contributed by atoms with van der Waals surface area (Å²) in [4.78, 5) is 33.0. The number of nitrogens with zero attached hydrogens (tertiary/aromatic N) is 1. The predicted molar refractivity (Wildman–Crippen MR) is 70.1 cm³/mol. The zero-order valence-electron chi connectivity index (χ0n) is 11.3. The molecule has 1 aromatic carbocycles. The molecule has 112 valence electrons. The van der Waals surface area contributed by atoms with E-state index in [-0.39, 0.29) is 11.4 Å². The van der Waals surface area contributed by atoms with Gasteiger partial charge in [-0.05, 0) is 11.5 Å². The maximum absolute atomic E-state index is 13.6. The molecule has 0 spiro atoms. The van der Waals surface area contributed by atoms with E-state index >= 15 is 0 Å². The number of benzene rings is 1. The molecule has 8 heteroatoms. The fourth-order valence-electron chi connectivity index (χ4n) is 2.52. The van der Waals surface area contributed by atoms with E-state index in [2.05, 4.69) is 5.32 Å². The molecule has 7 nitrogen and oxygen atoms in total. The Morgan fingerprint density at radius 3 is 2.48 bits per heavy atom. The van der Waals surface area contributed by atoms with E-state index in [1.807, 2.05) is 0 Å². The fraction of sp³-hybridized carbons (Fsp3) is 0.385. The van der Waals surface area contributed by atoms with Gasteiger partial charge in [-0.2, -0.15) is 0 Å². The number of rotatable bonds is 4. The molecule has 1 aliphatic rings. The van der Waals surface area contributed by atoms with Crippen LogP contribution in [0.15, 0.2) is 18.2 Å². The number of aliphatic carboxylic acids is 1. The molecular weight excluding hydrogens is 283 g/mol. The summed E-state index contributed by atoms with van der Waals surface area (Å²) in [6.07, 6.45) is 0. The molecular formula is C13H13FN2O5. The Morgan fingerprint density at radius 1 is 1.38 bits per heavy atom. The number of carboxylic acid groups (broad SMARTS) is 1. The minimum Gasteiger partial charge on any atom is -0.481 e. The maximum Gasteiger partial charge on any atom is 0.307 e. The van der Waals surface area contributed by atoms with Crippen molar-refractivity contribution in [3.8, 4) is 0 Å². The molecule has 0 aliphatic heterocycles. The maximum atomic E-state index is 13.6. The van der Waals surface area contributed by atoms with E-state index in [4.69, 9.17) is 5.11 Å². The topological polar surface area (TPSA) is 110 Å². The lowest BCUT2D eigenvalue weighted by Crippen LogP contribution is -2.18. The number of carboxylic acids is 1. The minimum absolute atomic E-state index is 0.332. The minimum atomic E-state index is -1.10. The molecule has 0 heterocycles. The van der Waals surface area contributed by atoms with Crippen molar-refractivity contribution in [3.63, 3.8) is 0 Å². The standard InChI is InChI=1S/C13H13FN2O5/c1-13(2)9(10(13)12(18)19)11(17)15-8-5-6(16(20)21)3-4-7(8)14/h3-5,9-10H,1-2H3,(H,15,17)(H,18,19). The molecule has 0 saturated heterocycles. The Balaban J connectivity index is 2.20. The second-order valence-corrected chi connectivity index (χ2v) is 5.53. The average Bonchev–Trinajstić information content (AvgIpc) is 2.95. The lowest BCUT2D eigenvalue weighted by atomic mass is 10.1. The van der Waals surface area contributed by atoms with Crippen molar-refractivity contribution < 1.29 is 24.0 Å². The summed E-state index contributed by atoms with van der Waals surface area (Å²) < 4.78 is 13.6. The number of carbonyl (C=O) groups excluding carboxylic acids is 1. The summed E-state index contributed by atoms with van der Waals surface area (Å²) in [5.74, 6) is -4.22. The third-order valence-corrected chi connectivity index (χ3v) is 3.79. The van der Waals surface area contributed by atoms with Gasteiger partial charge in [-0.1, -0.05) is 13.8 Å². The molecule has 2 N–H and O–H groups in total. The fourth-order valence-corrected chi connectivity index (χ4v) is 2.52. The molecule has 1 aromatic rings. The molecule has 1 saturated carbocycles. The molecule has 1 fully saturated rings. The molecule has 2 rings (SSSR count). The van der Waals surface area contributed by atoms with Crippen LogP contribution in [0, 0.1) is 33.2 Å². The Hall–Kier alpha value is -2.51. The Morgan fingerprint density at radius 2 is 2.00 bits per heavy atom. The van der Waals surface area contributed by atoms with Crippen molar-refractivity contribution >= 4 is 23.3 Å². The number of nitro benzene ring substituents is 1. The SMILES string of the molecule is CC1(C)C(C(=O)O)C1C(=O)Nc1cc([N+](=O)[O-])ccc1F. The molecule has 2 atom stereocenters. The summed E-state index contributed by atoms with van der Waals surface area (Å²) in [7, 11) is 0. The molecule has 0 radical (unpaired) electrons. The first-order valence-electron chi connectivity index (χ1n) is 6.14. The summed E-state index contributed by atoms with van der Waals surface area (Å²) >= 11 is 0. The Kier molecular flexibility index (Phi) is 3.40. The van der Waals surface area contributed by atoms with E-state index in [0.717, 1.165) is 18.2 Å². The van der Waals surface area contributed by atoms with Crippen LogP contribution < -0.4 is 5.32 Å². The first kappa shape index (κ1) is 14.9. The van der Waals surface area contributed by atoms with E-state index in [9.17, 15) is 24.1 Å². The number of hydrogen-bond donors (Lipinski definition) is 2. The molecule has 1 aliphatic carbocycles. The number of amides is 1. The van der Waals surface area contributed by atoms with Crippen LogP contribution in [0.3, 0.4) is 0 Å². The molecule has 1 amide bonds. The van der Waals surface area contributed by atoms with Gasteiger partial charge in [0.1, 0.15) is 5.82 Å². The van der Waals surface area contributed by atoms with Crippen molar-refractivity contribution in [2.24, 2.45) is 17.3 Å². The monoisotopic (exact) mass is 296 g/mol. The van der Waals surface area contributed by atoms with Gasteiger partial charge in [0.15, 0.2) is 0 Å². The number of anilines is 1. The van der Waals surface area contributed by atoms with Crippen molar-refractivity contribution in [3.05, 3.63) is 34.1 Å². The van der Waals surface area contributed by atoms with E-state index in [1.54, 1.807) is 13.8 Å². The Labute approximate surface area is 118 Å². The van der Waals surface area contributed by atoms with Crippen LogP contribution >= 0.6 is 0 Å². The quantitative estimate of drug-likeness (QED) is 0.652. The van der Waals surface area contributed by atoms with E-state index < -0.39 is 39.9 Å². The summed E-state index contributed by atoms with van der Waals surface area (Å²) in [5.41, 5.74) is -1.43. The van der Waals surface area contributed by atoms with Crippen LogP contribution in [0.5, 0.6) is 0 Å². The highest BCUT2D eigenvalue weighted by atomic mass is 19.1. The second-order valence-electron chi connectivity index (χ2n) is 5.53. The predicted octanol–water partition coefficient (Wildman–Crippen LogP) is 2.03. The summed E-state index contributed by atoms with van der Waals surface area (Å²) in [6.45, 7) is 3.25. The lowest BCUT2D eigenvalue weighted by molar-refractivity contribution is -0.384. The van der Waals surface area contributed by atoms with Gasteiger partial charge >= 0.3 is 5.97 Å². The van der Waals surface area contributed by atoms with E-state index in [1.165, 1.54) is 0 Å². The van der Waals surface area contributed by atoms with Crippen LogP contribution in [0.2, 0.25) is 0 Å². The van der Waals surface area contributed by atoms with Gasteiger partial charge in [0.25, 0.3) is 5.69 Å². The zero-order valence-corrected chi connectivity index (χ0v) is 11.3. The van der Waals surface area contributed by atoms with Gasteiger partial charge in [0.2, 0.25) is 5.91 Å². The highest BCUT2D eigenvalue weighted by Gasteiger charge is 2.65. The van der Waals surface area contributed by atoms with Gasteiger partial charge in [-0.25, -0.2) is 4.39 Å². The number of non-ortho nitro benzene ring substituents is 1. The largest absolute Gasteiger partial charge is 0.481 e. The van der Waals surface area contributed by atoms with Gasteiger partial charge in [0, 0.05) is 12.1 Å². The smallest absolute Gasteiger partial charge is 0.307 e. The number of carbonyl (C=O) groups is 2. The van der Waals surface area contributed by atoms with Gasteiger partial charge in [-0.15, -0.1) is 0 Å². The van der Waals surface area contributed by atoms with Crippen molar-refractivity contribution in [2.45, 2.75) is 13.8 Å². The molecule has 0 aromatic heterocycles. The van der Waals surface area contributed by atoms with Crippen molar-refractivity contribution in [1.29, 1.82) is 0 Å². The highest BCUT2D eigenvalue weighted by Crippen LogP contribution is 2.58. The molecule has 0 bridgehead atoms. The van der Waals surface area contributed by atoms with Crippen LogP contribution in [0.25, 0.3) is 0 Å². The summed E-state index contributed by atoms with van der Waals surface area (Å²) in [6, 6.07) is 2.75. The van der Waals surface area contributed by atoms with Crippen LogP contribution in [-0.2, 0) is 9.59 Å². The first-order chi connectivity index (χ1) is 9.66. The van der Waals surface area contributed by atoms with Crippen LogP contribution in [0.4, 0.5) is 15.8 Å². The van der Waals surface area contributed by atoms with Crippen LogP contribution in [0.1, 0.15) is 13.8 Å². The Bertz CT molecular complexity index is 643. The average molecular weight is 296 g/mol. The third-order valence-electron chi connectivity index (χ3n) is 3.79. The number of halogens is 1. The number of nitro groups is 1. The van der Waals surface area contributed by atoms with Crippen LogP contribution in [-0.4, -0.2) is 21.9 Å². The summed E-state index contributed by atoms with van der Waals surface area (Å²) in [5, 5.41) is 21.9. The molecule has 2 unspecified atom stereocenters. The third kappa shape index (κ3) is 2.56. The van der Waals surface area contributed by atoms with Crippen molar-refractivity contribution in [2.75, 3.05) is 5.32 Å². The zero-order chi connectivity index (χ0) is 15.9. The van der Waals surface area contributed by atoms with Crippen molar-refractivity contribution in [1.82, 2.24) is 0 Å². The number of hydrogen-bond acceptors (Lipinski definition) is 4. The van der Waals surface area contributed by atoms with Gasteiger partial charge in [0.05, 0.1) is 22.4 Å². The highest BCUT2D eigenvalue weighted by molar-refractivity contribution is 5.99. The second kappa shape index (κ2) is 4.80.